The number of amides is 1. The van der Waals surface area contributed by atoms with Crippen LogP contribution < -0.4 is 10.1 Å². The molecule has 1 aromatic rings. The molecule has 0 heterocycles. The van der Waals surface area contributed by atoms with E-state index in [1.54, 1.807) is 45.0 Å². The number of nitrogens with one attached hydrogen (secondary N) is 1. The fraction of sp³-hybridized carbons (Fsp3) is 0.550. The monoisotopic (exact) mass is 379 g/mol. The SMILES string of the molecule is CCCCOc1cccc(C(=O)COC(=O)CCNC(=O)OC(C)(C)C)c1. The Hall–Kier alpha value is -2.57. The van der Waals surface area contributed by atoms with Crippen molar-refractivity contribution < 1.29 is 28.6 Å². The molecular formula is C20H29NO6. The van der Waals surface area contributed by atoms with Crippen LogP contribution in [0.15, 0.2) is 24.3 Å². The lowest BCUT2D eigenvalue weighted by Crippen LogP contribution is -2.33. The Morgan fingerprint density at radius 3 is 2.56 bits per heavy atom. The fourth-order valence-electron chi connectivity index (χ4n) is 1.98. The number of ether oxygens (including phenoxy) is 3. The van der Waals surface area contributed by atoms with Crippen LogP contribution in [0, 0.1) is 0 Å². The normalized spacial score (nSPS) is 10.8. The number of alkyl carbamates (subject to hydrolysis) is 1. The molecular weight excluding hydrogens is 350 g/mol. The van der Waals surface area contributed by atoms with E-state index in [0.717, 1.165) is 12.8 Å². The number of ketones is 1. The fourth-order valence-corrected chi connectivity index (χ4v) is 1.98. The predicted molar refractivity (Wildman–Crippen MR) is 101 cm³/mol. The molecule has 0 aliphatic rings. The molecule has 7 nitrogen and oxygen atoms in total. The molecule has 1 rings (SSSR count). The van der Waals surface area contributed by atoms with Gasteiger partial charge in [0.05, 0.1) is 13.0 Å². The average Bonchev–Trinajstić information content (AvgIpc) is 2.58. The molecule has 0 aliphatic carbocycles. The highest BCUT2D eigenvalue weighted by molar-refractivity contribution is 5.98. The third-order valence-corrected chi connectivity index (χ3v) is 3.28. The minimum atomic E-state index is -0.605. The van der Waals surface area contributed by atoms with Gasteiger partial charge in [0.15, 0.2) is 12.4 Å². The second kappa shape index (κ2) is 11.2. The summed E-state index contributed by atoms with van der Waals surface area (Å²) >= 11 is 0. The largest absolute Gasteiger partial charge is 0.494 e. The van der Waals surface area contributed by atoms with E-state index in [4.69, 9.17) is 14.2 Å². The first kappa shape index (κ1) is 22.5. The van der Waals surface area contributed by atoms with Crippen LogP contribution in [-0.2, 0) is 14.3 Å². The van der Waals surface area contributed by atoms with Crippen molar-refractivity contribution in [1.82, 2.24) is 5.32 Å². The molecule has 0 spiro atoms. The number of carbonyl (C=O) groups excluding carboxylic acids is 3. The number of rotatable bonds is 10. The molecule has 1 aromatic carbocycles. The number of Topliss-reactive ketones (excluding diaryl/α,β-unsaturated/α-hetero) is 1. The molecule has 0 unspecified atom stereocenters. The number of unbranched alkanes of at least 4 members (excludes halogenated alkanes) is 1. The van der Waals surface area contributed by atoms with Crippen LogP contribution in [-0.4, -0.2) is 43.2 Å². The number of benzene rings is 1. The van der Waals surface area contributed by atoms with Gasteiger partial charge >= 0.3 is 12.1 Å². The summed E-state index contributed by atoms with van der Waals surface area (Å²) in [4.78, 5) is 35.3. The zero-order valence-electron chi connectivity index (χ0n) is 16.5. The van der Waals surface area contributed by atoms with Crippen LogP contribution in [0.5, 0.6) is 5.75 Å². The van der Waals surface area contributed by atoms with E-state index in [2.05, 4.69) is 12.2 Å². The molecule has 0 aliphatic heterocycles. The van der Waals surface area contributed by atoms with Gasteiger partial charge in [-0.1, -0.05) is 25.5 Å². The van der Waals surface area contributed by atoms with E-state index in [1.807, 2.05) is 0 Å². The van der Waals surface area contributed by atoms with Crippen molar-refractivity contribution >= 4 is 17.8 Å². The summed E-state index contributed by atoms with van der Waals surface area (Å²) in [5, 5.41) is 2.46. The quantitative estimate of drug-likeness (QED) is 0.380. The van der Waals surface area contributed by atoms with Gasteiger partial charge in [0.2, 0.25) is 0 Å². The Morgan fingerprint density at radius 2 is 1.89 bits per heavy atom. The first-order valence-electron chi connectivity index (χ1n) is 9.10. The summed E-state index contributed by atoms with van der Waals surface area (Å²) in [7, 11) is 0. The molecule has 27 heavy (non-hydrogen) atoms. The highest BCUT2D eigenvalue weighted by Crippen LogP contribution is 2.14. The van der Waals surface area contributed by atoms with E-state index in [0.29, 0.717) is 17.9 Å². The summed E-state index contributed by atoms with van der Waals surface area (Å²) in [6.07, 6.45) is 1.31. The molecule has 0 bridgehead atoms. The lowest BCUT2D eigenvalue weighted by molar-refractivity contribution is -0.142. The van der Waals surface area contributed by atoms with Gasteiger partial charge in [-0.3, -0.25) is 9.59 Å². The number of carbonyl (C=O) groups is 3. The summed E-state index contributed by atoms with van der Waals surface area (Å²) in [5.41, 5.74) is -0.185. The minimum absolute atomic E-state index is 0.0489. The Balaban J connectivity index is 2.34. The molecule has 7 heteroatoms. The van der Waals surface area contributed by atoms with Crippen molar-refractivity contribution in [2.75, 3.05) is 19.8 Å². The molecule has 1 N–H and O–H groups in total. The third kappa shape index (κ3) is 10.2. The van der Waals surface area contributed by atoms with Crippen molar-refractivity contribution in [3.8, 4) is 5.75 Å². The predicted octanol–water partition coefficient (Wildman–Crippen LogP) is 3.51. The molecule has 0 atom stereocenters. The smallest absolute Gasteiger partial charge is 0.407 e. The van der Waals surface area contributed by atoms with Crippen LogP contribution in [0.25, 0.3) is 0 Å². The van der Waals surface area contributed by atoms with Crippen LogP contribution >= 0.6 is 0 Å². The zero-order chi connectivity index (χ0) is 20.3. The van der Waals surface area contributed by atoms with Crippen LogP contribution in [0.4, 0.5) is 4.79 Å². The van der Waals surface area contributed by atoms with Gasteiger partial charge in [-0.15, -0.1) is 0 Å². The Kier molecular flexibility index (Phi) is 9.33. The topological polar surface area (TPSA) is 90.9 Å². The lowest BCUT2D eigenvalue weighted by atomic mass is 10.1. The Bertz CT molecular complexity index is 636. The summed E-state index contributed by atoms with van der Waals surface area (Å²) < 4.78 is 15.6. The molecule has 0 fully saturated rings. The van der Waals surface area contributed by atoms with E-state index in [9.17, 15) is 14.4 Å². The molecule has 0 radical (unpaired) electrons. The Morgan fingerprint density at radius 1 is 1.15 bits per heavy atom. The molecule has 1 amide bonds. The van der Waals surface area contributed by atoms with E-state index < -0.39 is 17.7 Å². The molecule has 0 aromatic heterocycles. The number of esters is 1. The summed E-state index contributed by atoms with van der Waals surface area (Å²) in [5.74, 6) is -0.277. The molecule has 150 valence electrons. The zero-order valence-corrected chi connectivity index (χ0v) is 16.5. The number of hydrogen-bond donors (Lipinski definition) is 1. The first-order chi connectivity index (χ1) is 12.7. The maximum Gasteiger partial charge on any atom is 0.407 e. The number of hydrogen-bond acceptors (Lipinski definition) is 6. The van der Waals surface area contributed by atoms with Crippen LogP contribution in [0.1, 0.15) is 57.3 Å². The van der Waals surface area contributed by atoms with Gasteiger partial charge in [0.1, 0.15) is 11.4 Å². The second-order valence-corrected chi connectivity index (χ2v) is 6.99. The van der Waals surface area contributed by atoms with Crippen molar-refractivity contribution in [2.45, 2.75) is 52.6 Å². The standard InChI is InChI=1S/C20H29NO6/c1-5-6-12-25-16-9-7-8-15(13-16)17(22)14-26-18(23)10-11-21-19(24)27-20(2,3)4/h7-9,13H,5-6,10-12,14H2,1-4H3,(H,21,24). The van der Waals surface area contributed by atoms with Gasteiger partial charge in [0, 0.05) is 12.1 Å². The summed E-state index contributed by atoms with van der Waals surface area (Å²) in [6.45, 7) is 7.61. The second-order valence-electron chi connectivity index (χ2n) is 6.99. The van der Waals surface area contributed by atoms with Crippen molar-refractivity contribution in [1.29, 1.82) is 0 Å². The van der Waals surface area contributed by atoms with Gasteiger partial charge < -0.3 is 19.5 Å². The van der Waals surface area contributed by atoms with Crippen molar-refractivity contribution in [3.05, 3.63) is 29.8 Å². The third-order valence-electron chi connectivity index (χ3n) is 3.28. The first-order valence-corrected chi connectivity index (χ1v) is 9.10. The van der Waals surface area contributed by atoms with E-state index in [-0.39, 0.29) is 25.4 Å². The minimum Gasteiger partial charge on any atom is -0.494 e. The van der Waals surface area contributed by atoms with Crippen LogP contribution in [0.2, 0.25) is 0 Å². The summed E-state index contributed by atoms with van der Waals surface area (Å²) in [6, 6.07) is 6.78. The maximum atomic E-state index is 12.1. The van der Waals surface area contributed by atoms with E-state index >= 15 is 0 Å². The average molecular weight is 379 g/mol. The van der Waals surface area contributed by atoms with Gasteiger partial charge in [0.25, 0.3) is 0 Å². The molecule has 0 saturated heterocycles. The Labute approximate surface area is 160 Å². The van der Waals surface area contributed by atoms with Gasteiger partial charge in [-0.05, 0) is 39.3 Å². The lowest BCUT2D eigenvalue weighted by Gasteiger charge is -2.19. The highest BCUT2D eigenvalue weighted by atomic mass is 16.6. The highest BCUT2D eigenvalue weighted by Gasteiger charge is 2.16. The van der Waals surface area contributed by atoms with Gasteiger partial charge in [-0.2, -0.15) is 0 Å². The van der Waals surface area contributed by atoms with Gasteiger partial charge in [-0.25, -0.2) is 4.79 Å². The van der Waals surface area contributed by atoms with E-state index in [1.165, 1.54) is 0 Å². The van der Waals surface area contributed by atoms with Crippen molar-refractivity contribution in [2.24, 2.45) is 0 Å². The van der Waals surface area contributed by atoms with Crippen molar-refractivity contribution in [3.63, 3.8) is 0 Å². The molecule has 0 saturated carbocycles. The maximum absolute atomic E-state index is 12.1. The van der Waals surface area contributed by atoms with Crippen LogP contribution in [0.3, 0.4) is 0 Å².